The second kappa shape index (κ2) is 6.66. The number of rotatable bonds is 4. The third-order valence-corrected chi connectivity index (χ3v) is 3.69. The van der Waals surface area contributed by atoms with Crippen molar-refractivity contribution in [3.05, 3.63) is 35.9 Å². The minimum absolute atomic E-state index is 0.0237. The summed E-state index contributed by atoms with van der Waals surface area (Å²) in [7, 11) is 0. The van der Waals surface area contributed by atoms with E-state index in [1.165, 1.54) is 0 Å². The Morgan fingerprint density at radius 3 is 2.70 bits per heavy atom. The van der Waals surface area contributed by atoms with Crippen molar-refractivity contribution in [1.82, 2.24) is 4.90 Å². The number of carbonyl (C=O) groups excluding carboxylic acids is 2. The topological polar surface area (TPSA) is 46.6 Å². The molecule has 4 heteroatoms. The van der Waals surface area contributed by atoms with E-state index in [4.69, 9.17) is 4.74 Å². The molecule has 20 heavy (non-hydrogen) atoms. The van der Waals surface area contributed by atoms with Gasteiger partial charge in [-0.25, -0.2) is 4.79 Å². The van der Waals surface area contributed by atoms with Crippen LogP contribution in [0.4, 0.5) is 0 Å². The fourth-order valence-electron chi connectivity index (χ4n) is 2.63. The molecule has 0 amide bonds. The zero-order valence-electron chi connectivity index (χ0n) is 12.0. The third kappa shape index (κ3) is 3.25. The van der Waals surface area contributed by atoms with Gasteiger partial charge in [-0.05, 0) is 12.5 Å². The zero-order valence-corrected chi connectivity index (χ0v) is 12.0. The van der Waals surface area contributed by atoms with Crippen LogP contribution in [0.25, 0.3) is 0 Å². The minimum Gasteiger partial charge on any atom is -0.465 e. The summed E-state index contributed by atoms with van der Waals surface area (Å²) in [5, 5.41) is 0. The number of carbonyl (C=O) groups is 2. The van der Waals surface area contributed by atoms with E-state index in [0.29, 0.717) is 26.1 Å². The van der Waals surface area contributed by atoms with Gasteiger partial charge < -0.3 is 4.74 Å². The van der Waals surface area contributed by atoms with Crippen LogP contribution < -0.4 is 0 Å². The highest BCUT2D eigenvalue weighted by atomic mass is 16.5. The smallest absolute Gasteiger partial charge is 0.327 e. The molecule has 2 unspecified atom stereocenters. The van der Waals surface area contributed by atoms with E-state index >= 15 is 0 Å². The van der Waals surface area contributed by atoms with E-state index in [9.17, 15) is 9.59 Å². The molecular weight excluding hydrogens is 254 g/mol. The Hall–Kier alpha value is -1.68. The van der Waals surface area contributed by atoms with E-state index in [0.717, 1.165) is 5.56 Å². The molecule has 0 radical (unpaired) electrons. The molecule has 0 saturated carbocycles. The molecule has 0 bridgehead atoms. The van der Waals surface area contributed by atoms with Gasteiger partial charge in [0, 0.05) is 25.4 Å². The molecule has 2 rings (SSSR count). The van der Waals surface area contributed by atoms with Crippen LogP contribution in [-0.2, 0) is 14.3 Å². The summed E-state index contributed by atoms with van der Waals surface area (Å²) in [6.45, 7) is 5.31. The van der Waals surface area contributed by atoms with Crippen molar-refractivity contribution in [2.24, 2.45) is 5.92 Å². The Labute approximate surface area is 119 Å². The maximum atomic E-state index is 12.3. The van der Waals surface area contributed by atoms with Gasteiger partial charge >= 0.3 is 5.97 Å². The van der Waals surface area contributed by atoms with Crippen LogP contribution in [0.1, 0.15) is 31.9 Å². The number of benzene rings is 1. The van der Waals surface area contributed by atoms with Crippen molar-refractivity contribution in [3.63, 3.8) is 0 Å². The van der Waals surface area contributed by atoms with Gasteiger partial charge in [0.25, 0.3) is 0 Å². The van der Waals surface area contributed by atoms with Crippen molar-refractivity contribution in [2.45, 2.75) is 26.3 Å². The van der Waals surface area contributed by atoms with Crippen molar-refractivity contribution in [3.8, 4) is 0 Å². The average Bonchev–Trinajstić information content (AvgIpc) is 2.44. The van der Waals surface area contributed by atoms with Crippen LogP contribution in [0.2, 0.25) is 0 Å². The summed E-state index contributed by atoms with van der Waals surface area (Å²) in [6.07, 6.45) is 0.504. The second-order valence-corrected chi connectivity index (χ2v) is 5.18. The normalized spacial score (nSPS) is 21.5. The highest BCUT2D eigenvalue weighted by molar-refractivity contribution is 5.83. The quantitative estimate of drug-likeness (QED) is 0.790. The molecule has 1 aromatic carbocycles. The molecule has 2 atom stereocenters. The summed E-state index contributed by atoms with van der Waals surface area (Å²) in [6, 6.07) is 9.21. The minimum atomic E-state index is -0.410. The molecule has 0 aromatic heterocycles. The number of piperidine rings is 1. The fraction of sp³-hybridized carbons (Fsp3) is 0.500. The molecule has 1 fully saturated rings. The Morgan fingerprint density at radius 2 is 2.10 bits per heavy atom. The highest BCUT2D eigenvalue weighted by Gasteiger charge is 2.34. The van der Waals surface area contributed by atoms with Crippen LogP contribution >= 0.6 is 0 Å². The summed E-state index contributed by atoms with van der Waals surface area (Å²) >= 11 is 0. The first-order valence-corrected chi connectivity index (χ1v) is 7.11. The SMILES string of the molecule is CCOC(=O)C(c1ccccc1)N1CCC(=O)C(C)C1. The van der Waals surface area contributed by atoms with Crippen molar-refractivity contribution >= 4 is 11.8 Å². The number of Topliss-reactive ketones (excluding diaryl/α,β-unsaturated/α-hetero) is 1. The molecule has 108 valence electrons. The van der Waals surface area contributed by atoms with Crippen LogP contribution in [0.3, 0.4) is 0 Å². The van der Waals surface area contributed by atoms with E-state index in [-0.39, 0.29) is 17.7 Å². The number of nitrogens with zero attached hydrogens (tertiary/aromatic N) is 1. The van der Waals surface area contributed by atoms with Gasteiger partial charge in [-0.15, -0.1) is 0 Å². The first-order valence-electron chi connectivity index (χ1n) is 7.11. The molecule has 1 heterocycles. The number of ketones is 1. The van der Waals surface area contributed by atoms with E-state index in [1.54, 1.807) is 0 Å². The van der Waals surface area contributed by atoms with Crippen LogP contribution in [0.5, 0.6) is 0 Å². The molecule has 1 aliphatic rings. The highest BCUT2D eigenvalue weighted by Crippen LogP contribution is 2.26. The van der Waals surface area contributed by atoms with Crippen molar-refractivity contribution < 1.29 is 14.3 Å². The van der Waals surface area contributed by atoms with Gasteiger partial charge in [-0.2, -0.15) is 0 Å². The number of hydrogen-bond donors (Lipinski definition) is 0. The van der Waals surface area contributed by atoms with E-state index in [2.05, 4.69) is 4.90 Å². The fourth-order valence-corrected chi connectivity index (χ4v) is 2.63. The lowest BCUT2D eigenvalue weighted by atomic mass is 9.95. The lowest BCUT2D eigenvalue weighted by Gasteiger charge is -2.35. The number of likely N-dealkylation sites (tertiary alicyclic amines) is 1. The summed E-state index contributed by atoms with van der Waals surface area (Å²) < 4.78 is 5.21. The molecule has 1 saturated heterocycles. The van der Waals surface area contributed by atoms with E-state index < -0.39 is 6.04 Å². The molecule has 1 aliphatic heterocycles. The Bertz CT molecular complexity index is 472. The molecule has 0 N–H and O–H groups in total. The third-order valence-electron chi connectivity index (χ3n) is 3.69. The second-order valence-electron chi connectivity index (χ2n) is 5.18. The maximum absolute atomic E-state index is 12.3. The van der Waals surface area contributed by atoms with E-state index in [1.807, 2.05) is 44.2 Å². The van der Waals surface area contributed by atoms with Gasteiger partial charge in [-0.3, -0.25) is 9.69 Å². The standard InChI is InChI=1S/C16H21NO3/c1-3-20-16(19)15(13-7-5-4-6-8-13)17-10-9-14(18)12(2)11-17/h4-8,12,15H,3,9-11H2,1-2H3. The van der Waals surface area contributed by atoms with Crippen LogP contribution in [0, 0.1) is 5.92 Å². The largest absolute Gasteiger partial charge is 0.465 e. The van der Waals surface area contributed by atoms with Crippen LogP contribution in [-0.4, -0.2) is 36.3 Å². The van der Waals surface area contributed by atoms with Gasteiger partial charge in [0.2, 0.25) is 0 Å². The van der Waals surface area contributed by atoms with Gasteiger partial charge in [0.15, 0.2) is 0 Å². The average molecular weight is 275 g/mol. The molecule has 0 spiro atoms. The van der Waals surface area contributed by atoms with Gasteiger partial charge in [-0.1, -0.05) is 37.3 Å². The molecule has 0 aliphatic carbocycles. The van der Waals surface area contributed by atoms with Crippen molar-refractivity contribution in [1.29, 1.82) is 0 Å². The maximum Gasteiger partial charge on any atom is 0.327 e. The first-order chi connectivity index (χ1) is 9.63. The number of ether oxygens (including phenoxy) is 1. The Morgan fingerprint density at radius 1 is 1.40 bits per heavy atom. The van der Waals surface area contributed by atoms with Gasteiger partial charge in [0.05, 0.1) is 6.61 Å². The predicted octanol–water partition coefficient (Wildman–Crippen LogP) is 2.20. The summed E-state index contributed by atoms with van der Waals surface area (Å²) in [5.41, 5.74) is 0.924. The molecule has 4 nitrogen and oxygen atoms in total. The van der Waals surface area contributed by atoms with Crippen molar-refractivity contribution in [2.75, 3.05) is 19.7 Å². The zero-order chi connectivity index (χ0) is 14.5. The number of hydrogen-bond acceptors (Lipinski definition) is 4. The monoisotopic (exact) mass is 275 g/mol. The Balaban J connectivity index is 2.23. The summed E-state index contributed by atoms with van der Waals surface area (Å²) in [5.74, 6) is 0.0153. The lowest BCUT2D eigenvalue weighted by molar-refractivity contribution is -0.152. The number of esters is 1. The first kappa shape index (κ1) is 14.7. The summed E-state index contributed by atoms with van der Waals surface area (Å²) in [4.78, 5) is 26.0. The molecular formula is C16H21NO3. The van der Waals surface area contributed by atoms with Gasteiger partial charge in [0.1, 0.15) is 11.8 Å². The predicted molar refractivity (Wildman–Crippen MR) is 76.2 cm³/mol. The Kier molecular flexibility index (Phi) is 4.90. The lowest BCUT2D eigenvalue weighted by Crippen LogP contribution is -2.44. The van der Waals surface area contributed by atoms with Crippen LogP contribution in [0.15, 0.2) is 30.3 Å². The molecule has 1 aromatic rings.